The maximum atomic E-state index is 13.4. The Bertz CT molecular complexity index is 432. The molecule has 0 aromatic heterocycles. The summed E-state index contributed by atoms with van der Waals surface area (Å²) in [6, 6.07) is 5.30. The van der Waals surface area contributed by atoms with Crippen LogP contribution >= 0.6 is 15.9 Å². The minimum absolute atomic E-state index is 0.178. The average molecular weight is 329 g/mol. The molecule has 106 valence electrons. The van der Waals surface area contributed by atoms with E-state index in [0.717, 1.165) is 44.6 Å². The molecule has 0 bridgehead atoms. The van der Waals surface area contributed by atoms with Crippen LogP contribution in [-0.2, 0) is 0 Å². The van der Waals surface area contributed by atoms with Crippen LogP contribution in [0.4, 0.5) is 10.1 Å². The molecule has 0 spiro atoms. The molecule has 0 atom stereocenters. The van der Waals surface area contributed by atoms with E-state index in [9.17, 15) is 4.39 Å². The monoisotopic (exact) mass is 328 g/mol. The number of benzene rings is 1. The molecule has 0 unspecified atom stereocenters. The number of halogens is 2. The van der Waals surface area contributed by atoms with Gasteiger partial charge in [-0.25, -0.2) is 4.39 Å². The smallest absolute Gasteiger partial charge is 0.137 e. The molecule has 1 aliphatic rings. The van der Waals surface area contributed by atoms with E-state index in [1.807, 2.05) is 12.1 Å². The molecule has 1 aromatic rings. The third-order valence-electron chi connectivity index (χ3n) is 4.22. The van der Waals surface area contributed by atoms with Gasteiger partial charge >= 0.3 is 0 Å². The highest BCUT2D eigenvalue weighted by atomic mass is 79.9. The second kappa shape index (κ2) is 6.23. The van der Waals surface area contributed by atoms with E-state index >= 15 is 0 Å². The van der Waals surface area contributed by atoms with Crippen molar-refractivity contribution >= 4 is 21.6 Å². The fourth-order valence-corrected chi connectivity index (χ4v) is 3.12. The zero-order chi connectivity index (χ0) is 13.9. The fraction of sp³-hybridized carbons (Fsp3) is 0.600. The van der Waals surface area contributed by atoms with Crippen LogP contribution in [0, 0.1) is 5.82 Å². The fourth-order valence-electron chi connectivity index (χ4n) is 2.75. The van der Waals surface area contributed by atoms with Gasteiger partial charge in [0.1, 0.15) is 5.82 Å². The Morgan fingerprint density at radius 2 is 2.11 bits per heavy atom. The Hall–Kier alpha value is -0.610. The Morgan fingerprint density at radius 3 is 2.74 bits per heavy atom. The van der Waals surface area contributed by atoms with Gasteiger partial charge in [-0.15, -0.1) is 0 Å². The Kier molecular flexibility index (Phi) is 4.85. The summed E-state index contributed by atoms with van der Waals surface area (Å²) in [5.41, 5.74) is 1.28. The first kappa shape index (κ1) is 14.8. The lowest BCUT2D eigenvalue weighted by Crippen LogP contribution is -2.50. The van der Waals surface area contributed by atoms with Crippen LogP contribution in [-0.4, -0.2) is 25.2 Å². The van der Waals surface area contributed by atoms with E-state index in [4.69, 9.17) is 0 Å². The lowest BCUT2D eigenvalue weighted by Gasteiger charge is -2.36. The minimum atomic E-state index is -0.200. The van der Waals surface area contributed by atoms with E-state index in [1.54, 1.807) is 0 Å². The summed E-state index contributed by atoms with van der Waals surface area (Å²) < 4.78 is 13.9. The van der Waals surface area contributed by atoms with Gasteiger partial charge in [0.05, 0.1) is 4.47 Å². The quantitative estimate of drug-likeness (QED) is 0.903. The average Bonchev–Trinajstić information content (AvgIpc) is 2.65. The van der Waals surface area contributed by atoms with E-state index in [1.165, 1.54) is 6.07 Å². The van der Waals surface area contributed by atoms with Crippen molar-refractivity contribution in [1.29, 1.82) is 0 Å². The molecule has 0 amide bonds. The first-order valence-electron chi connectivity index (χ1n) is 7.05. The first-order chi connectivity index (χ1) is 9.10. The molecule has 1 N–H and O–H groups in total. The van der Waals surface area contributed by atoms with Gasteiger partial charge in [-0.05, 0) is 59.9 Å². The van der Waals surface area contributed by atoms with Crippen LogP contribution in [0.2, 0.25) is 0 Å². The lowest BCUT2D eigenvalue weighted by atomic mass is 9.92. The summed E-state index contributed by atoms with van der Waals surface area (Å²) in [7, 11) is 0. The van der Waals surface area contributed by atoms with Crippen LogP contribution in [0.15, 0.2) is 22.7 Å². The summed E-state index contributed by atoms with van der Waals surface area (Å²) in [6.07, 6.45) is 3.35. The van der Waals surface area contributed by atoms with Crippen LogP contribution in [0.1, 0.15) is 33.1 Å². The minimum Gasteiger partial charge on any atom is -0.370 e. The van der Waals surface area contributed by atoms with Crippen molar-refractivity contribution in [2.45, 2.75) is 38.6 Å². The number of nitrogens with one attached hydrogen (secondary N) is 1. The van der Waals surface area contributed by atoms with Gasteiger partial charge in [0.15, 0.2) is 0 Å². The normalized spacial score (nSPS) is 19.3. The molecule has 1 aliphatic heterocycles. The molecule has 0 saturated carbocycles. The molecule has 4 heteroatoms. The zero-order valence-corrected chi connectivity index (χ0v) is 13.3. The summed E-state index contributed by atoms with van der Waals surface area (Å²) in [5.74, 6) is -0.200. The number of hydrogen-bond donors (Lipinski definition) is 1. The van der Waals surface area contributed by atoms with Crippen LogP contribution in [0.3, 0.4) is 0 Å². The lowest BCUT2D eigenvalue weighted by molar-refractivity contribution is 0.321. The molecule has 1 fully saturated rings. The van der Waals surface area contributed by atoms with Gasteiger partial charge < -0.3 is 10.2 Å². The summed E-state index contributed by atoms with van der Waals surface area (Å²) in [4.78, 5) is 2.37. The van der Waals surface area contributed by atoms with Gasteiger partial charge in [-0.3, -0.25) is 0 Å². The summed E-state index contributed by atoms with van der Waals surface area (Å²) >= 11 is 3.28. The Balaban J connectivity index is 2.24. The molecule has 0 radical (unpaired) electrons. The zero-order valence-electron chi connectivity index (χ0n) is 11.7. The predicted octanol–water partition coefficient (Wildman–Crippen LogP) is 3.95. The number of rotatable bonds is 3. The second-order valence-corrected chi connectivity index (χ2v) is 6.14. The van der Waals surface area contributed by atoms with Crippen LogP contribution in [0.25, 0.3) is 0 Å². The number of anilines is 1. The van der Waals surface area contributed by atoms with Crippen LogP contribution < -0.4 is 10.2 Å². The molecule has 1 aromatic carbocycles. The van der Waals surface area contributed by atoms with Gasteiger partial charge in [0, 0.05) is 24.3 Å². The van der Waals surface area contributed by atoms with Gasteiger partial charge in [0.2, 0.25) is 0 Å². The molecule has 2 nitrogen and oxygen atoms in total. The third kappa shape index (κ3) is 3.29. The molecule has 2 rings (SSSR count). The Morgan fingerprint density at radius 1 is 1.37 bits per heavy atom. The topological polar surface area (TPSA) is 15.3 Å². The first-order valence-corrected chi connectivity index (χ1v) is 7.84. The van der Waals surface area contributed by atoms with Crippen molar-refractivity contribution in [3.05, 3.63) is 28.5 Å². The van der Waals surface area contributed by atoms with Gasteiger partial charge in [0.25, 0.3) is 0 Å². The molecule has 1 heterocycles. The molecule has 19 heavy (non-hydrogen) atoms. The van der Waals surface area contributed by atoms with Gasteiger partial charge in [-0.1, -0.05) is 13.8 Å². The molecular formula is C15H22BrFN2. The highest BCUT2D eigenvalue weighted by Crippen LogP contribution is 2.27. The van der Waals surface area contributed by atoms with E-state index in [0.29, 0.717) is 4.47 Å². The van der Waals surface area contributed by atoms with Crippen LogP contribution in [0.5, 0.6) is 0 Å². The van der Waals surface area contributed by atoms with Crippen molar-refractivity contribution in [3.63, 3.8) is 0 Å². The Labute approximate surface area is 123 Å². The standard InChI is InChI=1S/C15H22BrFN2/c1-3-15(4-2)11-19(9-5-8-18-15)12-6-7-14(17)13(16)10-12/h6-7,10,18H,3-5,8-9,11H2,1-2H3. The van der Waals surface area contributed by atoms with Crippen molar-refractivity contribution in [2.24, 2.45) is 0 Å². The number of nitrogens with zero attached hydrogens (tertiary/aromatic N) is 1. The van der Waals surface area contributed by atoms with Crippen molar-refractivity contribution in [2.75, 3.05) is 24.5 Å². The maximum Gasteiger partial charge on any atom is 0.137 e. The van der Waals surface area contributed by atoms with E-state index in [-0.39, 0.29) is 11.4 Å². The van der Waals surface area contributed by atoms with Crippen molar-refractivity contribution < 1.29 is 4.39 Å². The molecule has 1 saturated heterocycles. The number of hydrogen-bond acceptors (Lipinski definition) is 2. The molecule has 0 aliphatic carbocycles. The highest BCUT2D eigenvalue weighted by molar-refractivity contribution is 9.10. The third-order valence-corrected chi connectivity index (χ3v) is 4.83. The summed E-state index contributed by atoms with van der Waals surface area (Å²) in [6.45, 7) is 7.53. The largest absolute Gasteiger partial charge is 0.370 e. The summed E-state index contributed by atoms with van der Waals surface area (Å²) in [5, 5.41) is 3.69. The SMILES string of the molecule is CCC1(CC)CN(c2ccc(F)c(Br)c2)CCCN1. The van der Waals surface area contributed by atoms with Gasteiger partial charge in [-0.2, -0.15) is 0 Å². The van der Waals surface area contributed by atoms with Crippen molar-refractivity contribution in [3.8, 4) is 0 Å². The molecular weight excluding hydrogens is 307 g/mol. The second-order valence-electron chi connectivity index (χ2n) is 5.29. The van der Waals surface area contributed by atoms with E-state index < -0.39 is 0 Å². The van der Waals surface area contributed by atoms with E-state index in [2.05, 4.69) is 40.0 Å². The maximum absolute atomic E-state index is 13.4. The predicted molar refractivity (Wildman–Crippen MR) is 82.2 cm³/mol. The van der Waals surface area contributed by atoms with Crippen molar-refractivity contribution in [1.82, 2.24) is 5.32 Å². The highest BCUT2D eigenvalue weighted by Gasteiger charge is 2.30.